The number of nitro groups is 1. The van der Waals surface area contributed by atoms with Gasteiger partial charge in [0.25, 0.3) is 11.6 Å². The molecule has 9 heteroatoms. The maximum absolute atomic E-state index is 13.3. The van der Waals surface area contributed by atoms with Crippen LogP contribution >= 0.6 is 11.3 Å². The van der Waals surface area contributed by atoms with Crippen LogP contribution in [0.25, 0.3) is 31.6 Å². The first kappa shape index (κ1) is 24.1. The maximum Gasteiger partial charge on any atom is 0.339 e. The van der Waals surface area contributed by atoms with E-state index in [-0.39, 0.29) is 11.4 Å². The van der Waals surface area contributed by atoms with E-state index < -0.39 is 22.9 Å². The van der Waals surface area contributed by atoms with E-state index in [9.17, 15) is 19.7 Å². The third-order valence-electron chi connectivity index (χ3n) is 5.99. The number of benzene rings is 4. The largest absolute Gasteiger partial charge is 0.449 e. The van der Waals surface area contributed by atoms with Gasteiger partial charge >= 0.3 is 5.97 Å². The summed E-state index contributed by atoms with van der Waals surface area (Å²) in [4.78, 5) is 41.4. The number of anilines is 1. The molecular weight excluding hydrogens is 490 g/mol. The number of hydrogen-bond donors (Lipinski definition) is 1. The summed E-state index contributed by atoms with van der Waals surface area (Å²) >= 11 is 1.53. The van der Waals surface area contributed by atoms with Crippen molar-refractivity contribution in [3.05, 3.63) is 100 Å². The highest BCUT2D eigenvalue weighted by molar-refractivity contribution is 7.21. The van der Waals surface area contributed by atoms with E-state index in [1.54, 1.807) is 25.1 Å². The zero-order chi connectivity index (χ0) is 26.1. The highest BCUT2D eigenvalue weighted by atomic mass is 32.1. The number of carbonyl (C=O) groups is 2. The molecule has 0 aliphatic rings. The summed E-state index contributed by atoms with van der Waals surface area (Å²) in [6.45, 7) is 3.18. The van der Waals surface area contributed by atoms with E-state index >= 15 is 0 Å². The van der Waals surface area contributed by atoms with Crippen molar-refractivity contribution in [3.8, 4) is 10.6 Å². The molecule has 1 heterocycles. The molecule has 0 aliphatic carbocycles. The minimum atomic E-state index is -1.14. The Balaban J connectivity index is 1.43. The first-order valence-electron chi connectivity index (χ1n) is 11.5. The summed E-state index contributed by atoms with van der Waals surface area (Å²) in [6, 6.07) is 23.1. The average Bonchev–Trinajstić information content (AvgIpc) is 3.33. The Morgan fingerprint density at radius 3 is 2.54 bits per heavy atom. The van der Waals surface area contributed by atoms with E-state index in [0.29, 0.717) is 16.5 Å². The molecule has 0 radical (unpaired) electrons. The van der Waals surface area contributed by atoms with Crippen LogP contribution in [-0.4, -0.2) is 27.9 Å². The summed E-state index contributed by atoms with van der Waals surface area (Å²) < 4.78 is 6.58. The summed E-state index contributed by atoms with van der Waals surface area (Å²) in [5, 5.41) is 16.0. The van der Waals surface area contributed by atoms with Gasteiger partial charge in [-0.05, 0) is 43.0 Å². The van der Waals surface area contributed by atoms with Gasteiger partial charge in [-0.1, -0.05) is 48.5 Å². The third kappa shape index (κ3) is 4.76. The van der Waals surface area contributed by atoms with E-state index in [4.69, 9.17) is 9.72 Å². The van der Waals surface area contributed by atoms with Crippen molar-refractivity contribution < 1.29 is 19.2 Å². The highest BCUT2D eigenvalue weighted by Gasteiger charge is 2.23. The molecule has 0 bridgehead atoms. The molecule has 184 valence electrons. The number of hydrogen-bond acceptors (Lipinski definition) is 7. The maximum atomic E-state index is 13.3. The van der Waals surface area contributed by atoms with E-state index in [2.05, 4.69) is 5.32 Å². The Kier molecular flexibility index (Phi) is 6.37. The Morgan fingerprint density at radius 2 is 1.78 bits per heavy atom. The first-order chi connectivity index (χ1) is 17.8. The molecular formula is C28H21N3O5S. The van der Waals surface area contributed by atoms with Gasteiger partial charge in [0, 0.05) is 23.1 Å². The lowest BCUT2D eigenvalue weighted by atomic mass is 9.99. The topological polar surface area (TPSA) is 111 Å². The molecule has 0 fully saturated rings. The fraction of sp³-hybridized carbons (Fsp3) is 0.107. The number of aromatic nitrogens is 1. The minimum Gasteiger partial charge on any atom is -0.449 e. The normalized spacial score (nSPS) is 11.8. The highest BCUT2D eigenvalue weighted by Crippen LogP contribution is 2.36. The molecule has 1 unspecified atom stereocenters. The van der Waals surface area contributed by atoms with Crippen LogP contribution < -0.4 is 5.32 Å². The van der Waals surface area contributed by atoms with Crippen molar-refractivity contribution in [1.82, 2.24) is 4.98 Å². The lowest BCUT2D eigenvalue weighted by Crippen LogP contribution is -2.30. The van der Waals surface area contributed by atoms with Crippen molar-refractivity contribution in [3.63, 3.8) is 0 Å². The molecule has 0 saturated heterocycles. The standard InChI is InChI=1S/C28H21N3O5S/c1-16-13-14-19(31(34)35)15-23(16)29-26(32)17(2)36-28(33)21-10-6-8-18-7-5-9-20(25(18)21)27-30-22-11-3-4-12-24(22)37-27/h3-15,17H,1-2H3,(H,29,32). The minimum absolute atomic E-state index is 0.149. The number of rotatable bonds is 6. The number of nitrogens with zero attached hydrogens (tertiary/aromatic N) is 2. The fourth-order valence-electron chi connectivity index (χ4n) is 4.05. The van der Waals surface area contributed by atoms with Crippen molar-refractivity contribution in [2.75, 3.05) is 5.32 Å². The van der Waals surface area contributed by atoms with E-state index in [1.165, 1.54) is 30.4 Å². The first-order valence-corrected chi connectivity index (χ1v) is 12.3. The molecule has 5 aromatic rings. The van der Waals surface area contributed by atoms with Crippen LogP contribution in [0.1, 0.15) is 22.8 Å². The number of esters is 1. The van der Waals surface area contributed by atoms with Gasteiger partial charge in [-0.3, -0.25) is 14.9 Å². The van der Waals surface area contributed by atoms with Gasteiger partial charge in [-0.2, -0.15) is 0 Å². The predicted molar refractivity (Wildman–Crippen MR) is 144 cm³/mol. The van der Waals surface area contributed by atoms with Gasteiger partial charge in [0.2, 0.25) is 0 Å². The quantitative estimate of drug-likeness (QED) is 0.158. The zero-order valence-electron chi connectivity index (χ0n) is 19.9. The van der Waals surface area contributed by atoms with Crippen LogP contribution in [0.3, 0.4) is 0 Å². The molecule has 0 saturated carbocycles. The van der Waals surface area contributed by atoms with Crippen LogP contribution in [0.15, 0.2) is 78.9 Å². The monoisotopic (exact) mass is 511 g/mol. The Hall–Kier alpha value is -4.63. The molecule has 1 aromatic heterocycles. The molecule has 8 nitrogen and oxygen atoms in total. The number of para-hydroxylation sites is 1. The number of nitro benzene ring substituents is 1. The molecule has 0 aliphatic heterocycles. The van der Waals surface area contributed by atoms with Gasteiger partial charge in [-0.25, -0.2) is 9.78 Å². The van der Waals surface area contributed by atoms with Gasteiger partial charge < -0.3 is 10.1 Å². The molecule has 37 heavy (non-hydrogen) atoms. The Labute approximate surface area is 215 Å². The van der Waals surface area contributed by atoms with Crippen molar-refractivity contribution in [2.45, 2.75) is 20.0 Å². The van der Waals surface area contributed by atoms with Crippen molar-refractivity contribution >= 4 is 55.6 Å². The number of thiazole rings is 1. The molecule has 0 spiro atoms. The van der Waals surface area contributed by atoms with E-state index in [0.717, 1.165) is 26.2 Å². The summed E-state index contributed by atoms with van der Waals surface area (Å²) in [6.07, 6.45) is -1.14. The molecule has 4 aromatic carbocycles. The average molecular weight is 512 g/mol. The number of non-ortho nitro benzene ring substituents is 1. The number of carbonyl (C=O) groups excluding carboxylic acids is 2. The number of fused-ring (bicyclic) bond motifs is 2. The molecule has 5 rings (SSSR count). The SMILES string of the molecule is Cc1ccc([N+](=O)[O-])cc1NC(=O)C(C)OC(=O)c1cccc2cccc(-c3nc4ccccc4s3)c12. The molecule has 1 atom stereocenters. The number of amides is 1. The summed E-state index contributed by atoms with van der Waals surface area (Å²) in [5.74, 6) is -1.25. The lowest BCUT2D eigenvalue weighted by molar-refractivity contribution is -0.384. The van der Waals surface area contributed by atoms with Crippen molar-refractivity contribution in [2.24, 2.45) is 0 Å². The van der Waals surface area contributed by atoms with Gasteiger partial charge in [-0.15, -0.1) is 11.3 Å². The van der Waals surface area contributed by atoms with Gasteiger partial charge in [0.05, 0.1) is 26.4 Å². The van der Waals surface area contributed by atoms with E-state index in [1.807, 2.05) is 48.5 Å². The Bertz CT molecular complexity index is 1660. The second kappa shape index (κ2) is 9.79. The van der Waals surface area contributed by atoms with Crippen LogP contribution in [0.2, 0.25) is 0 Å². The third-order valence-corrected chi connectivity index (χ3v) is 7.06. The lowest BCUT2D eigenvalue weighted by Gasteiger charge is -2.16. The second-order valence-electron chi connectivity index (χ2n) is 8.49. The van der Waals surface area contributed by atoms with Crippen LogP contribution in [0, 0.1) is 17.0 Å². The fourth-order valence-corrected chi connectivity index (χ4v) is 5.04. The van der Waals surface area contributed by atoms with Crippen LogP contribution in [0.4, 0.5) is 11.4 Å². The number of nitrogens with one attached hydrogen (secondary N) is 1. The Morgan fingerprint density at radius 1 is 1.03 bits per heavy atom. The molecule has 1 amide bonds. The van der Waals surface area contributed by atoms with Gasteiger partial charge in [0.1, 0.15) is 5.01 Å². The second-order valence-corrected chi connectivity index (χ2v) is 9.52. The number of aryl methyl sites for hydroxylation is 1. The number of ether oxygens (including phenoxy) is 1. The zero-order valence-corrected chi connectivity index (χ0v) is 20.7. The molecule has 1 N–H and O–H groups in total. The summed E-state index contributed by atoms with van der Waals surface area (Å²) in [5.41, 5.74) is 2.77. The van der Waals surface area contributed by atoms with Crippen LogP contribution in [-0.2, 0) is 9.53 Å². The smallest absolute Gasteiger partial charge is 0.339 e. The predicted octanol–water partition coefficient (Wildman–Crippen LogP) is 6.52. The van der Waals surface area contributed by atoms with Crippen molar-refractivity contribution in [1.29, 1.82) is 0 Å². The van der Waals surface area contributed by atoms with Crippen LogP contribution in [0.5, 0.6) is 0 Å². The van der Waals surface area contributed by atoms with Gasteiger partial charge in [0.15, 0.2) is 6.10 Å². The summed E-state index contributed by atoms with van der Waals surface area (Å²) in [7, 11) is 0.